The molecule has 0 bridgehead atoms. The molecule has 1 fully saturated rings. The molecular weight excluding hydrogens is 330 g/mol. The van der Waals surface area contributed by atoms with Crippen LogP contribution in [0.2, 0.25) is 0 Å². The van der Waals surface area contributed by atoms with E-state index in [-0.39, 0.29) is 13.0 Å². The Morgan fingerprint density at radius 3 is 1.96 bits per heavy atom. The van der Waals surface area contributed by atoms with Crippen molar-refractivity contribution in [3.63, 3.8) is 0 Å². The maximum atomic E-state index is 12.6. The number of carbonyl (C=O) groups excluding carboxylic acids is 3. The van der Waals surface area contributed by atoms with Gasteiger partial charge in [-0.05, 0) is 48.5 Å². The maximum Gasteiger partial charge on any atom is 0.411 e. The minimum absolute atomic E-state index is 0.136. The van der Waals surface area contributed by atoms with Gasteiger partial charge in [-0.2, -0.15) is 0 Å². The fourth-order valence-electron chi connectivity index (χ4n) is 2.58. The third-order valence-electron chi connectivity index (χ3n) is 3.70. The Balaban J connectivity index is 3.29. The highest BCUT2D eigenvalue weighted by molar-refractivity contribution is 6.09. The van der Waals surface area contributed by atoms with Gasteiger partial charge in [-0.15, -0.1) is 0 Å². The third-order valence-corrected chi connectivity index (χ3v) is 3.70. The van der Waals surface area contributed by atoms with Crippen molar-refractivity contribution in [3.05, 3.63) is 0 Å². The number of nitrogens with zero attached hydrogens (tertiary/aromatic N) is 1. The largest absolute Gasteiger partial charge is 0.480 e. The lowest BCUT2D eigenvalue weighted by Crippen LogP contribution is -2.65. The first-order valence-electron chi connectivity index (χ1n) is 8.09. The number of carboxylic acids is 1. The van der Waals surface area contributed by atoms with Crippen LogP contribution in [0.25, 0.3) is 0 Å². The monoisotopic (exact) mass is 357 g/mol. The first-order chi connectivity index (χ1) is 11.1. The van der Waals surface area contributed by atoms with Gasteiger partial charge in [0.25, 0.3) is 0 Å². The average Bonchev–Trinajstić information content (AvgIpc) is 2.36. The normalized spacial score (nSPS) is 24.7. The van der Waals surface area contributed by atoms with E-state index in [0.29, 0.717) is 0 Å². The lowest BCUT2D eigenvalue weighted by Gasteiger charge is -2.43. The van der Waals surface area contributed by atoms with Gasteiger partial charge in [0.1, 0.15) is 11.2 Å². The van der Waals surface area contributed by atoms with Crippen molar-refractivity contribution in [3.8, 4) is 0 Å². The van der Waals surface area contributed by atoms with Crippen LogP contribution < -0.4 is 0 Å². The van der Waals surface area contributed by atoms with Crippen LogP contribution >= 0.6 is 0 Å². The number of hydrogen-bond acceptors (Lipinski definition) is 6. The molecule has 1 heterocycles. The number of ether oxygens (including phenoxy) is 2. The molecule has 0 spiro atoms. The zero-order valence-electron chi connectivity index (χ0n) is 15.8. The van der Waals surface area contributed by atoms with Gasteiger partial charge in [0.15, 0.2) is 17.2 Å². The van der Waals surface area contributed by atoms with Crippen LogP contribution in [-0.2, 0) is 23.9 Å². The molecular formula is C17H27NO7. The molecule has 0 radical (unpaired) electrons. The van der Waals surface area contributed by atoms with Crippen molar-refractivity contribution >= 4 is 23.8 Å². The summed E-state index contributed by atoms with van der Waals surface area (Å²) in [6.45, 7) is 10.8. The predicted octanol–water partition coefficient (Wildman–Crippen LogP) is 2.00. The zero-order valence-corrected chi connectivity index (χ0v) is 15.8. The molecule has 0 saturated carbocycles. The summed E-state index contributed by atoms with van der Waals surface area (Å²) in [4.78, 5) is 50.3. The minimum atomic E-state index is -2.01. The molecule has 0 aromatic carbocycles. The molecule has 0 aromatic heterocycles. The fraction of sp³-hybridized carbons (Fsp3) is 0.765. The molecule has 8 nitrogen and oxygen atoms in total. The number of hydrogen-bond donors (Lipinski definition) is 1. The Morgan fingerprint density at radius 1 is 1.08 bits per heavy atom. The summed E-state index contributed by atoms with van der Waals surface area (Å²) in [5, 5.41) is 9.65. The van der Waals surface area contributed by atoms with E-state index in [2.05, 4.69) is 0 Å². The number of carbonyl (C=O) groups is 4. The van der Waals surface area contributed by atoms with Crippen LogP contribution in [0.15, 0.2) is 0 Å². The molecule has 25 heavy (non-hydrogen) atoms. The Kier molecular flexibility index (Phi) is 5.56. The van der Waals surface area contributed by atoms with E-state index in [1.54, 1.807) is 41.5 Å². The van der Waals surface area contributed by atoms with E-state index >= 15 is 0 Å². The van der Waals surface area contributed by atoms with Crippen molar-refractivity contribution in [2.45, 2.75) is 72.1 Å². The molecule has 1 aliphatic heterocycles. The summed E-state index contributed by atoms with van der Waals surface area (Å²) in [6, 6.07) is -1.70. The number of carboxylic acid groups (broad SMARTS) is 1. The fourth-order valence-corrected chi connectivity index (χ4v) is 2.58. The summed E-state index contributed by atoms with van der Waals surface area (Å²) in [5.41, 5.74) is -3.75. The van der Waals surface area contributed by atoms with Gasteiger partial charge in [0.05, 0.1) is 0 Å². The lowest BCUT2D eigenvalue weighted by molar-refractivity contribution is -0.181. The van der Waals surface area contributed by atoms with Gasteiger partial charge in [0.2, 0.25) is 0 Å². The molecule has 1 amide bonds. The van der Waals surface area contributed by atoms with Gasteiger partial charge in [-0.25, -0.2) is 9.59 Å². The molecule has 0 aromatic rings. The number of rotatable bonds is 2. The van der Waals surface area contributed by atoms with E-state index < -0.39 is 46.5 Å². The second-order valence-corrected chi connectivity index (χ2v) is 8.29. The summed E-state index contributed by atoms with van der Waals surface area (Å²) < 4.78 is 10.5. The van der Waals surface area contributed by atoms with Gasteiger partial charge < -0.3 is 14.6 Å². The topological polar surface area (TPSA) is 110 Å². The van der Waals surface area contributed by atoms with Gasteiger partial charge in [-0.3, -0.25) is 14.5 Å². The molecule has 142 valence electrons. The SMILES string of the molecule is CC(C)(C)OC(=O)N1CCC(=O)C(C)(C(=O)OC(C)(C)C)C1C(=O)O. The summed E-state index contributed by atoms with van der Waals surface area (Å²) in [7, 11) is 0. The Bertz CT molecular complexity index is 585. The molecule has 2 unspecified atom stereocenters. The summed E-state index contributed by atoms with van der Waals surface area (Å²) in [5.74, 6) is -3.01. The van der Waals surface area contributed by atoms with E-state index in [9.17, 15) is 24.3 Å². The molecule has 2 atom stereocenters. The van der Waals surface area contributed by atoms with Gasteiger partial charge >= 0.3 is 18.0 Å². The quantitative estimate of drug-likeness (QED) is 0.594. The van der Waals surface area contributed by atoms with Crippen molar-refractivity contribution in [1.82, 2.24) is 4.90 Å². The number of likely N-dealkylation sites (tertiary alicyclic amines) is 1. The number of esters is 1. The zero-order chi connectivity index (χ0) is 19.8. The number of aliphatic carboxylic acids is 1. The molecule has 0 aliphatic carbocycles. The first kappa shape index (κ1) is 20.9. The molecule has 8 heteroatoms. The van der Waals surface area contributed by atoms with Crippen molar-refractivity contribution in [1.29, 1.82) is 0 Å². The number of amides is 1. The first-order valence-corrected chi connectivity index (χ1v) is 8.09. The minimum Gasteiger partial charge on any atom is -0.480 e. The third kappa shape index (κ3) is 4.70. The average molecular weight is 357 g/mol. The van der Waals surface area contributed by atoms with Gasteiger partial charge in [0, 0.05) is 13.0 Å². The molecule has 1 saturated heterocycles. The molecule has 1 N–H and O–H groups in total. The number of ketones is 1. The number of Topliss-reactive ketones (excluding diaryl/α,β-unsaturated/α-hetero) is 1. The molecule has 1 rings (SSSR count). The number of piperidine rings is 1. The van der Waals surface area contributed by atoms with Gasteiger partial charge in [-0.1, -0.05) is 0 Å². The van der Waals surface area contributed by atoms with Crippen molar-refractivity contribution < 1.29 is 33.8 Å². The Morgan fingerprint density at radius 2 is 1.56 bits per heavy atom. The smallest absolute Gasteiger partial charge is 0.411 e. The predicted molar refractivity (Wildman–Crippen MR) is 87.9 cm³/mol. The standard InChI is InChI=1S/C17H27NO7/c1-15(2,3)24-13(22)17(7)10(19)8-9-18(11(17)12(20)21)14(23)25-16(4,5)6/h11H,8-9H2,1-7H3,(H,20,21). The van der Waals surface area contributed by atoms with Crippen LogP contribution in [0.4, 0.5) is 4.79 Å². The second-order valence-electron chi connectivity index (χ2n) is 8.29. The highest BCUT2D eigenvalue weighted by atomic mass is 16.6. The summed E-state index contributed by atoms with van der Waals surface area (Å²) in [6.07, 6.45) is -1.04. The van der Waals surface area contributed by atoms with Crippen LogP contribution in [0.1, 0.15) is 54.9 Å². The van der Waals surface area contributed by atoms with Crippen LogP contribution in [-0.4, -0.2) is 57.6 Å². The highest BCUT2D eigenvalue weighted by Gasteiger charge is 2.59. The second kappa shape index (κ2) is 6.65. The lowest BCUT2D eigenvalue weighted by atomic mass is 9.73. The van der Waals surface area contributed by atoms with Crippen LogP contribution in [0.5, 0.6) is 0 Å². The maximum absolute atomic E-state index is 12.6. The Hall–Kier alpha value is -2.12. The van der Waals surface area contributed by atoms with E-state index in [1.165, 1.54) is 6.92 Å². The van der Waals surface area contributed by atoms with Crippen molar-refractivity contribution in [2.75, 3.05) is 6.54 Å². The van der Waals surface area contributed by atoms with E-state index in [0.717, 1.165) is 4.90 Å². The summed E-state index contributed by atoms with van der Waals surface area (Å²) >= 11 is 0. The Labute approximate surface area is 147 Å². The van der Waals surface area contributed by atoms with E-state index in [1.807, 2.05) is 0 Å². The highest BCUT2D eigenvalue weighted by Crippen LogP contribution is 2.36. The van der Waals surface area contributed by atoms with Crippen LogP contribution in [0.3, 0.4) is 0 Å². The molecule has 1 aliphatic rings. The van der Waals surface area contributed by atoms with Crippen molar-refractivity contribution in [2.24, 2.45) is 5.41 Å². The van der Waals surface area contributed by atoms with Crippen LogP contribution in [0, 0.1) is 5.41 Å². The van der Waals surface area contributed by atoms with E-state index in [4.69, 9.17) is 9.47 Å².